The SMILES string of the molecule is Cc1nccc(N2CCOCC2)c1Oc1[nH+]cc(C(F)(F)F)cc1Cl. The number of aromatic nitrogens is 2. The van der Waals surface area contributed by atoms with Gasteiger partial charge in [0.05, 0.1) is 24.6 Å². The number of pyridine rings is 2. The van der Waals surface area contributed by atoms with E-state index in [2.05, 4.69) is 14.9 Å². The first kappa shape index (κ1) is 17.8. The Morgan fingerprint density at radius 2 is 2.04 bits per heavy atom. The van der Waals surface area contributed by atoms with E-state index in [0.29, 0.717) is 37.7 Å². The molecule has 5 nitrogen and oxygen atoms in total. The summed E-state index contributed by atoms with van der Waals surface area (Å²) in [4.78, 5) is 8.74. The molecule has 0 aliphatic carbocycles. The zero-order chi connectivity index (χ0) is 18.0. The number of aryl methyl sites for hydroxylation is 1. The highest BCUT2D eigenvalue weighted by molar-refractivity contribution is 6.31. The molecule has 1 N–H and O–H groups in total. The van der Waals surface area contributed by atoms with Crippen molar-refractivity contribution in [1.29, 1.82) is 0 Å². The Hall–Kier alpha value is -2.06. The second-order valence-corrected chi connectivity index (χ2v) is 5.92. The molecule has 3 heterocycles. The first-order valence-corrected chi connectivity index (χ1v) is 7.98. The van der Waals surface area contributed by atoms with Crippen LogP contribution in [-0.2, 0) is 10.9 Å². The fourth-order valence-corrected chi connectivity index (χ4v) is 2.73. The van der Waals surface area contributed by atoms with Crippen LogP contribution in [-0.4, -0.2) is 31.3 Å². The zero-order valence-corrected chi connectivity index (χ0v) is 14.1. The standard InChI is InChI=1S/C16H15ClF3N3O2/c1-10-14(13(2-3-21-10)23-4-6-24-7-5-23)25-15-12(17)8-11(9-22-15)16(18,19)20/h2-3,8-9H,4-7H2,1H3/p+1. The van der Waals surface area contributed by atoms with Crippen LogP contribution in [0.5, 0.6) is 11.6 Å². The lowest BCUT2D eigenvalue weighted by Gasteiger charge is -2.30. The summed E-state index contributed by atoms with van der Waals surface area (Å²) >= 11 is 5.97. The van der Waals surface area contributed by atoms with Gasteiger partial charge in [0, 0.05) is 19.3 Å². The van der Waals surface area contributed by atoms with Crippen molar-refractivity contribution in [2.24, 2.45) is 0 Å². The molecule has 0 spiro atoms. The predicted molar refractivity (Wildman–Crippen MR) is 85.1 cm³/mol. The molecule has 2 aromatic rings. The molecular weight excluding hydrogens is 359 g/mol. The summed E-state index contributed by atoms with van der Waals surface area (Å²) in [6.45, 7) is 4.31. The van der Waals surface area contributed by atoms with Crippen LogP contribution in [0.1, 0.15) is 11.3 Å². The molecule has 1 saturated heterocycles. The number of nitrogens with zero attached hydrogens (tertiary/aromatic N) is 2. The van der Waals surface area contributed by atoms with Gasteiger partial charge in [0.15, 0.2) is 17.0 Å². The maximum Gasteiger partial charge on any atom is 0.422 e. The summed E-state index contributed by atoms with van der Waals surface area (Å²) in [6, 6.07) is 2.62. The van der Waals surface area contributed by atoms with E-state index in [1.54, 1.807) is 19.2 Å². The lowest BCUT2D eigenvalue weighted by Crippen LogP contribution is -2.36. The van der Waals surface area contributed by atoms with Crippen LogP contribution in [0.3, 0.4) is 0 Å². The second-order valence-electron chi connectivity index (χ2n) is 5.51. The average Bonchev–Trinajstić information content (AvgIpc) is 2.58. The van der Waals surface area contributed by atoms with Crippen molar-refractivity contribution in [3.63, 3.8) is 0 Å². The Kier molecular flexibility index (Phi) is 5.01. The van der Waals surface area contributed by atoms with Gasteiger partial charge in [-0.1, -0.05) is 11.6 Å². The molecule has 3 rings (SSSR count). The average molecular weight is 375 g/mol. The summed E-state index contributed by atoms with van der Waals surface area (Å²) in [5.74, 6) is 0.475. The number of aromatic amines is 1. The predicted octanol–water partition coefficient (Wildman–Crippen LogP) is 3.51. The molecule has 0 atom stereocenters. The molecule has 9 heteroatoms. The molecule has 1 fully saturated rings. The monoisotopic (exact) mass is 374 g/mol. The largest absolute Gasteiger partial charge is 0.422 e. The third-order valence-electron chi connectivity index (χ3n) is 3.80. The minimum absolute atomic E-state index is 0.0280. The number of hydrogen-bond acceptors (Lipinski definition) is 4. The van der Waals surface area contributed by atoms with Gasteiger partial charge in [-0.3, -0.25) is 4.98 Å². The van der Waals surface area contributed by atoms with Crippen molar-refractivity contribution in [2.45, 2.75) is 13.1 Å². The maximum atomic E-state index is 12.7. The van der Waals surface area contributed by atoms with E-state index >= 15 is 0 Å². The first-order chi connectivity index (χ1) is 11.9. The van der Waals surface area contributed by atoms with Crippen LogP contribution in [0.4, 0.5) is 18.9 Å². The number of nitrogens with one attached hydrogen (secondary N) is 1. The number of H-pyrrole nitrogens is 1. The quantitative estimate of drug-likeness (QED) is 0.825. The van der Waals surface area contributed by atoms with Crippen LogP contribution >= 0.6 is 11.6 Å². The van der Waals surface area contributed by atoms with Crippen LogP contribution in [0.15, 0.2) is 24.5 Å². The van der Waals surface area contributed by atoms with E-state index in [1.165, 1.54) is 0 Å². The van der Waals surface area contributed by atoms with E-state index < -0.39 is 11.7 Å². The molecule has 0 unspecified atom stereocenters. The van der Waals surface area contributed by atoms with E-state index in [-0.39, 0.29) is 10.9 Å². The molecule has 0 aromatic carbocycles. The van der Waals surface area contributed by atoms with Gasteiger partial charge in [0.25, 0.3) is 0 Å². The number of anilines is 1. The Labute approximate surface area is 147 Å². The van der Waals surface area contributed by atoms with Crippen LogP contribution < -0.4 is 14.6 Å². The van der Waals surface area contributed by atoms with E-state index in [4.69, 9.17) is 21.1 Å². The zero-order valence-electron chi connectivity index (χ0n) is 13.4. The number of alkyl halides is 3. The van der Waals surface area contributed by atoms with Crippen molar-refractivity contribution in [3.05, 3.63) is 40.8 Å². The molecule has 1 aliphatic rings. The molecule has 0 amide bonds. The number of ether oxygens (including phenoxy) is 2. The van der Waals surface area contributed by atoms with Gasteiger partial charge in [-0.15, -0.1) is 0 Å². The minimum Gasteiger partial charge on any atom is -0.400 e. The van der Waals surface area contributed by atoms with Crippen molar-refractivity contribution in [3.8, 4) is 11.6 Å². The molecule has 0 bridgehead atoms. The molecule has 0 radical (unpaired) electrons. The smallest absolute Gasteiger partial charge is 0.400 e. The van der Waals surface area contributed by atoms with Crippen molar-refractivity contribution in [2.75, 3.05) is 31.2 Å². The number of morpholine rings is 1. The molecular formula is C16H16ClF3N3O2+. The Morgan fingerprint density at radius 3 is 2.68 bits per heavy atom. The highest BCUT2D eigenvalue weighted by Gasteiger charge is 2.34. The molecule has 25 heavy (non-hydrogen) atoms. The van der Waals surface area contributed by atoms with E-state index in [9.17, 15) is 13.2 Å². The normalized spacial score (nSPS) is 15.3. The molecule has 2 aromatic heterocycles. The minimum atomic E-state index is -4.48. The lowest BCUT2D eigenvalue weighted by molar-refractivity contribution is -0.393. The van der Waals surface area contributed by atoms with Gasteiger partial charge in [-0.05, 0) is 19.1 Å². The highest BCUT2D eigenvalue weighted by Crippen LogP contribution is 2.37. The van der Waals surface area contributed by atoms with Gasteiger partial charge in [0.1, 0.15) is 5.56 Å². The summed E-state index contributed by atoms with van der Waals surface area (Å²) in [5.41, 5.74) is 0.523. The van der Waals surface area contributed by atoms with E-state index in [1.807, 2.05) is 0 Å². The Morgan fingerprint density at radius 1 is 1.32 bits per heavy atom. The van der Waals surface area contributed by atoms with Gasteiger partial charge in [-0.25, -0.2) is 0 Å². The third-order valence-corrected chi connectivity index (χ3v) is 4.08. The van der Waals surface area contributed by atoms with Gasteiger partial charge in [0.2, 0.25) is 0 Å². The highest BCUT2D eigenvalue weighted by atomic mass is 35.5. The summed E-state index contributed by atoms with van der Waals surface area (Å²) in [7, 11) is 0. The second kappa shape index (κ2) is 7.05. The number of halogens is 4. The maximum absolute atomic E-state index is 12.7. The number of hydrogen-bond donors (Lipinski definition) is 0. The Bertz CT molecular complexity index is 765. The number of rotatable bonds is 3. The van der Waals surface area contributed by atoms with E-state index in [0.717, 1.165) is 18.0 Å². The summed E-state index contributed by atoms with van der Waals surface area (Å²) < 4.78 is 49.4. The van der Waals surface area contributed by atoms with Gasteiger partial charge in [-0.2, -0.15) is 18.2 Å². The third kappa shape index (κ3) is 3.96. The van der Waals surface area contributed by atoms with Crippen molar-refractivity contribution in [1.82, 2.24) is 4.98 Å². The van der Waals surface area contributed by atoms with Gasteiger partial charge >= 0.3 is 12.1 Å². The summed E-state index contributed by atoms with van der Waals surface area (Å²) in [5, 5.41) is -0.161. The Balaban J connectivity index is 1.93. The fraction of sp³-hybridized carbons (Fsp3) is 0.375. The first-order valence-electron chi connectivity index (χ1n) is 7.61. The summed E-state index contributed by atoms with van der Waals surface area (Å²) in [6.07, 6.45) is -2.01. The van der Waals surface area contributed by atoms with Crippen LogP contribution in [0.25, 0.3) is 0 Å². The fourth-order valence-electron chi connectivity index (χ4n) is 2.52. The molecule has 0 saturated carbocycles. The topological polar surface area (TPSA) is 48.7 Å². The lowest BCUT2D eigenvalue weighted by atomic mass is 10.2. The molecule has 134 valence electrons. The van der Waals surface area contributed by atoms with Crippen molar-refractivity contribution >= 4 is 17.3 Å². The van der Waals surface area contributed by atoms with Crippen LogP contribution in [0, 0.1) is 6.92 Å². The molecule has 1 aliphatic heterocycles. The van der Waals surface area contributed by atoms with Gasteiger partial charge < -0.3 is 14.4 Å². The van der Waals surface area contributed by atoms with Crippen molar-refractivity contribution < 1.29 is 27.6 Å². The van der Waals surface area contributed by atoms with Crippen LogP contribution in [0.2, 0.25) is 5.02 Å².